The van der Waals surface area contributed by atoms with Gasteiger partial charge >= 0.3 is 5.97 Å². The summed E-state index contributed by atoms with van der Waals surface area (Å²) in [6.45, 7) is 6.28. The summed E-state index contributed by atoms with van der Waals surface area (Å²) in [4.78, 5) is 13.4. The smallest absolute Gasteiger partial charge is 0.317 e. The van der Waals surface area contributed by atoms with Crippen LogP contribution in [0.2, 0.25) is 0 Å². The summed E-state index contributed by atoms with van der Waals surface area (Å²) >= 11 is 0. The van der Waals surface area contributed by atoms with Crippen molar-refractivity contribution < 1.29 is 14.6 Å². The second kappa shape index (κ2) is 6.06. The molecule has 0 amide bonds. The number of rotatable bonds is 4. The van der Waals surface area contributed by atoms with Crippen molar-refractivity contribution in [3.63, 3.8) is 0 Å². The fourth-order valence-electron chi connectivity index (χ4n) is 3.16. The quantitative estimate of drug-likeness (QED) is 0.925. The average molecular weight is 291 g/mol. The van der Waals surface area contributed by atoms with Gasteiger partial charge in [-0.2, -0.15) is 0 Å². The van der Waals surface area contributed by atoms with E-state index < -0.39 is 5.97 Å². The molecule has 1 atom stereocenters. The number of aliphatic carboxylic acids is 1. The molecular formula is C17H25NO3. The van der Waals surface area contributed by atoms with Crippen molar-refractivity contribution in [3.8, 4) is 5.75 Å². The van der Waals surface area contributed by atoms with E-state index in [0.717, 1.165) is 25.0 Å². The van der Waals surface area contributed by atoms with Crippen LogP contribution in [-0.2, 0) is 11.2 Å². The Hall–Kier alpha value is -1.55. The molecule has 1 aliphatic carbocycles. The van der Waals surface area contributed by atoms with E-state index in [2.05, 4.69) is 37.8 Å². The maximum atomic E-state index is 11.3. The minimum Gasteiger partial charge on any atom is -0.497 e. The number of hydrogen-bond acceptors (Lipinski definition) is 3. The molecule has 0 spiro atoms. The SMILES string of the molecule is COc1ccc2c(c1)C(N(CC(=O)O)C(C)(C)C)CCC2. The molecule has 0 radical (unpaired) electrons. The number of carbonyl (C=O) groups is 1. The second-order valence-electron chi connectivity index (χ2n) is 6.67. The summed E-state index contributed by atoms with van der Waals surface area (Å²) < 4.78 is 5.34. The Balaban J connectivity index is 2.41. The van der Waals surface area contributed by atoms with Crippen LogP contribution in [-0.4, -0.2) is 35.2 Å². The van der Waals surface area contributed by atoms with Gasteiger partial charge in [0.25, 0.3) is 0 Å². The van der Waals surface area contributed by atoms with Crippen molar-refractivity contribution in [3.05, 3.63) is 29.3 Å². The Bertz CT molecular complexity index is 519. The Labute approximate surface area is 126 Å². The molecular weight excluding hydrogens is 266 g/mol. The number of hydrogen-bond donors (Lipinski definition) is 1. The lowest BCUT2D eigenvalue weighted by molar-refractivity contribution is -0.141. The van der Waals surface area contributed by atoms with E-state index >= 15 is 0 Å². The highest BCUT2D eigenvalue weighted by Crippen LogP contribution is 2.39. The standard InChI is InChI=1S/C17H25NO3/c1-17(2,3)18(11-16(19)20)15-7-5-6-12-8-9-13(21-4)10-14(12)15/h8-10,15H,5-7,11H2,1-4H3,(H,19,20). The molecule has 0 heterocycles. The number of methoxy groups -OCH3 is 1. The van der Waals surface area contributed by atoms with Gasteiger partial charge in [0.1, 0.15) is 5.75 Å². The first kappa shape index (κ1) is 15.8. The Morgan fingerprint density at radius 2 is 2.14 bits per heavy atom. The number of ether oxygens (including phenoxy) is 1. The Morgan fingerprint density at radius 3 is 2.71 bits per heavy atom. The van der Waals surface area contributed by atoms with E-state index in [4.69, 9.17) is 4.74 Å². The molecule has 1 aromatic carbocycles. The number of carboxylic acids is 1. The summed E-state index contributed by atoms with van der Waals surface area (Å²) in [7, 11) is 1.67. The van der Waals surface area contributed by atoms with Gasteiger partial charge in [-0.15, -0.1) is 0 Å². The third-order valence-electron chi connectivity index (χ3n) is 4.18. The van der Waals surface area contributed by atoms with Gasteiger partial charge in [0, 0.05) is 11.6 Å². The number of nitrogens with zero attached hydrogens (tertiary/aromatic N) is 1. The van der Waals surface area contributed by atoms with Crippen LogP contribution in [0.5, 0.6) is 5.75 Å². The highest BCUT2D eigenvalue weighted by Gasteiger charge is 2.34. The molecule has 2 rings (SSSR count). The fourth-order valence-corrected chi connectivity index (χ4v) is 3.16. The molecule has 1 aromatic rings. The van der Waals surface area contributed by atoms with Crippen molar-refractivity contribution in [1.82, 2.24) is 4.90 Å². The van der Waals surface area contributed by atoms with Crippen molar-refractivity contribution in [1.29, 1.82) is 0 Å². The van der Waals surface area contributed by atoms with E-state index in [9.17, 15) is 9.90 Å². The van der Waals surface area contributed by atoms with Crippen LogP contribution in [0.4, 0.5) is 0 Å². The molecule has 0 saturated heterocycles. The molecule has 1 N–H and O–H groups in total. The van der Waals surface area contributed by atoms with Crippen LogP contribution in [0.3, 0.4) is 0 Å². The molecule has 0 aromatic heterocycles. The van der Waals surface area contributed by atoms with Crippen LogP contribution in [0.1, 0.15) is 50.8 Å². The minimum atomic E-state index is -0.778. The third kappa shape index (κ3) is 3.56. The predicted molar refractivity (Wildman–Crippen MR) is 82.8 cm³/mol. The summed E-state index contributed by atoms with van der Waals surface area (Å²) in [5.74, 6) is 0.0600. The molecule has 116 valence electrons. The van der Waals surface area contributed by atoms with E-state index in [1.807, 2.05) is 6.07 Å². The first-order valence-corrected chi connectivity index (χ1v) is 7.48. The Morgan fingerprint density at radius 1 is 1.43 bits per heavy atom. The highest BCUT2D eigenvalue weighted by atomic mass is 16.5. The zero-order valence-electron chi connectivity index (χ0n) is 13.3. The molecule has 21 heavy (non-hydrogen) atoms. The van der Waals surface area contributed by atoms with E-state index in [-0.39, 0.29) is 18.1 Å². The lowest BCUT2D eigenvalue weighted by Crippen LogP contribution is -2.47. The molecule has 0 aliphatic heterocycles. The molecule has 1 aliphatic rings. The second-order valence-corrected chi connectivity index (χ2v) is 6.67. The summed E-state index contributed by atoms with van der Waals surface area (Å²) in [5.41, 5.74) is 2.34. The van der Waals surface area contributed by atoms with Gasteiger partial charge in [0.05, 0.1) is 13.7 Å². The van der Waals surface area contributed by atoms with Gasteiger partial charge in [-0.3, -0.25) is 9.69 Å². The number of benzene rings is 1. The van der Waals surface area contributed by atoms with Gasteiger partial charge in [0.15, 0.2) is 0 Å². The lowest BCUT2D eigenvalue weighted by atomic mass is 9.84. The van der Waals surface area contributed by atoms with Crippen molar-refractivity contribution in [2.75, 3.05) is 13.7 Å². The molecule has 4 heteroatoms. The molecule has 1 unspecified atom stereocenters. The largest absolute Gasteiger partial charge is 0.497 e. The Kier molecular flexibility index (Phi) is 4.57. The maximum absolute atomic E-state index is 11.3. The monoisotopic (exact) mass is 291 g/mol. The first-order chi connectivity index (χ1) is 9.82. The van der Waals surface area contributed by atoms with Crippen molar-refractivity contribution in [2.45, 2.75) is 51.6 Å². The topological polar surface area (TPSA) is 49.8 Å². The molecule has 4 nitrogen and oxygen atoms in total. The molecule has 0 bridgehead atoms. The fraction of sp³-hybridized carbons (Fsp3) is 0.588. The van der Waals surface area contributed by atoms with Crippen molar-refractivity contribution >= 4 is 5.97 Å². The maximum Gasteiger partial charge on any atom is 0.317 e. The van der Waals surface area contributed by atoms with Crippen LogP contribution in [0.25, 0.3) is 0 Å². The third-order valence-corrected chi connectivity index (χ3v) is 4.18. The van der Waals surface area contributed by atoms with Gasteiger partial charge in [-0.05, 0) is 63.3 Å². The van der Waals surface area contributed by atoms with E-state index in [1.165, 1.54) is 11.1 Å². The first-order valence-electron chi connectivity index (χ1n) is 7.48. The highest BCUT2D eigenvalue weighted by molar-refractivity contribution is 5.69. The molecule has 0 saturated carbocycles. The van der Waals surface area contributed by atoms with Gasteiger partial charge in [-0.25, -0.2) is 0 Å². The molecule has 0 fully saturated rings. The van der Waals surface area contributed by atoms with Gasteiger partial charge in [0.2, 0.25) is 0 Å². The van der Waals surface area contributed by atoms with Gasteiger partial charge < -0.3 is 9.84 Å². The van der Waals surface area contributed by atoms with Crippen LogP contribution in [0, 0.1) is 0 Å². The minimum absolute atomic E-state index is 0.0603. The van der Waals surface area contributed by atoms with Crippen LogP contribution in [0.15, 0.2) is 18.2 Å². The summed E-state index contributed by atoms with van der Waals surface area (Å²) in [6, 6.07) is 6.31. The zero-order chi connectivity index (χ0) is 15.6. The number of fused-ring (bicyclic) bond motifs is 1. The van der Waals surface area contributed by atoms with Gasteiger partial charge in [-0.1, -0.05) is 6.07 Å². The lowest BCUT2D eigenvalue weighted by Gasteiger charge is -2.43. The van der Waals surface area contributed by atoms with E-state index in [1.54, 1.807) is 7.11 Å². The number of aryl methyl sites for hydroxylation is 1. The normalized spacial score (nSPS) is 18.4. The van der Waals surface area contributed by atoms with Crippen LogP contribution < -0.4 is 4.74 Å². The van der Waals surface area contributed by atoms with Crippen LogP contribution >= 0.6 is 0 Å². The predicted octanol–water partition coefficient (Wildman–Crippen LogP) is 3.26. The summed E-state index contributed by atoms with van der Waals surface area (Å²) in [6.07, 6.45) is 3.14. The average Bonchev–Trinajstić information content (AvgIpc) is 2.42. The van der Waals surface area contributed by atoms with Crippen molar-refractivity contribution in [2.24, 2.45) is 0 Å². The zero-order valence-corrected chi connectivity index (χ0v) is 13.3. The van der Waals surface area contributed by atoms with E-state index in [0.29, 0.717) is 0 Å². The summed E-state index contributed by atoms with van der Waals surface area (Å²) in [5, 5.41) is 9.26. The number of carboxylic acid groups (broad SMARTS) is 1.